The molecule has 3 atom stereocenters. The monoisotopic (exact) mass is 355 g/mol. The van der Waals surface area contributed by atoms with Crippen LogP contribution in [0.15, 0.2) is 24.3 Å². The topological polar surface area (TPSA) is 88.2 Å². The number of aliphatic hydroxyl groups excluding tert-OH is 1. The number of benzene rings is 1. The predicted octanol–water partition coefficient (Wildman–Crippen LogP) is 1.87. The highest BCUT2D eigenvalue weighted by Crippen LogP contribution is 2.25. The number of halogens is 1. The second kappa shape index (κ2) is 8.06. The molecule has 1 heterocycles. The summed E-state index contributed by atoms with van der Waals surface area (Å²) < 4.78 is 1.20. The van der Waals surface area contributed by atoms with Gasteiger partial charge in [-0.3, -0.25) is 4.79 Å². The van der Waals surface area contributed by atoms with Gasteiger partial charge in [0.2, 0.25) is 5.91 Å². The molecule has 0 spiro atoms. The van der Waals surface area contributed by atoms with Gasteiger partial charge >= 0.3 is 0 Å². The first-order chi connectivity index (χ1) is 10.6. The molecule has 1 aromatic heterocycles. The highest BCUT2D eigenvalue weighted by atomic mass is 35.5. The van der Waals surface area contributed by atoms with E-state index in [0.29, 0.717) is 19.4 Å². The molecule has 3 rings (SSSR count). The van der Waals surface area contributed by atoms with Crippen molar-refractivity contribution < 1.29 is 9.90 Å². The summed E-state index contributed by atoms with van der Waals surface area (Å²) >= 11 is 1.71. The molecule has 1 saturated carbocycles. The standard InChI is InChI=1S/C16H21N3O2S.ClH/c17-11-8-10(9-13(11)20)16(21)18-7-3-6-15-19-12-4-1-2-5-14(12)22-15;/h1-2,4-5,10-11,13,20H,3,6-9,17H2,(H,18,21);1H/t10-,11-,13-;/m0./s1. The third kappa shape index (κ3) is 4.41. The molecule has 0 radical (unpaired) electrons. The molecule has 0 saturated heterocycles. The summed E-state index contributed by atoms with van der Waals surface area (Å²) in [4.78, 5) is 16.6. The molecule has 1 aliphatic carbocycles. The van der Waals surface area contributed by atoms with E-state index in [2.05, 4.69) is 16.4 Å². The lowest BCUT2D eigenvalue weighted by atomic mass is 10.1. The molecule has 5 nitrogen and oxygen atoms in total. The molecule has 126 valence electrons. The molecule has 0 unspecified atom stereocenters. The molecular weight excluding hydrogens is 334 g/mol. The van der Waals surface area contributed by atoms with Crippen molar-refractivity contribution in [1.82, 2.24) is 10.3 Å². The molecule has 1 fully saturated rings. The Labute approximate surface area is 145 Å². The second-order valence-electron chi connectivity index (χ2n) is 5.87. The summed E-state index contributed by atoms with van der Waals surface area (Å²) in [5.41, 5.74) is 6.78. The molecule has 1 amide bonds. The average molecular weight is 356 g/mol. The number of fused-ring (bicyclic) bond motifs is 1. The van der Waals surface area contributed by atoms with E-state index in [1.54, 1.807) is 11.3 Å². The van der Waals surface area contributed by atoms with Crippen molar-refractivity contribution in [3.8, 4) is 0 Å². The Morgan fingerprint density at radius 3 is 2.87 bits per heavy atom. The molecule has 23 heavy (non-hydrogen) atoms. The van der Waals surface area contributed by atoms with Crippen molar-refractivity contribution >= 4 is 39.9 Å². The van der Waals surface area contributed by atoms with Crippen LogP contribution in [0.4, 0.5) is 0 Å². The largest absolute Gasteiger partial charge is 0.391 e. The number of rotatable bonds is 5. The third-order valence-corrected chi connectivity index (χ3v) is 5.25. The number of aryl methyl sites for hydroxylation is 1. The van der Waals surface area contributed by atoms with Crippen LogP contribution in [0.25, 0.3) is 10.2 Å². The van der Waals surface area contributed by atoms with Gasteiger partial charge in [-0.05, 0) is 31.4 Å². The van der Waals surface area contributed by atoms with Gasteiger partial charge in [-0.25, -0.2) is 4.98 Å². The van der Waals surface area contributed by atoms with Crippen molar-refractivity contribution in [2.24, 2.45) is 11.7 Å². The number of amides is 1. The van der Waals surface area contributed by atoms with Gasteiger partial charge in [-0.2, -0.15) is 0 Å². The minimum atomic E-state index is -0.543. The lowest BCUT2D eigenvalue weighted by Crippen LogP contribution is -2.31. The van der Waals surface area contributed by atoms with Crippen molar-refractivity contribution in [3.63, 3.8) is 0 Å². The zero-order valence-corrected chi connectivity index (χ0v) is 14.4. The lowest BCUT2D eigenvalue weighted by molar-refractivity contribution is -0.125. The number of aromatic nitrogens is 1. The maximum atomic E-state index is 12.0. The van der Waals surface area contributed by atoms with Gasteiger partial charge in [-0.15, -0.1) is 23.7 Å². The average Bonchev–Trinajstić information content (AvgIpc) is 3.07. The van der Waals surface area contributed by atoms with Crippen LogP contribution >= 0.6 is 23.7 Å². The van der Waals surface area contributed by atoms with Crippen LogP contribution in [0.1, 0.15) is 24.3 Å². The third-order valence-electron chi connectivity index (χ3n) is 4.15. The van der Waals surface area contributed by atoms with Gasteiger partial charge < -0.3 is 16.2 Å². The first kappa shape index (κ1) is 18.1. The van der Waals surface area contributed by atoms with E-state index in [4.69, 9.17) is 5.73 Å². The van der Waals surface area contributed by atoms with Gasteiger partial charge in [0, 0.05) is 24.9 Å². The number of nitrogens with zero attached hydrogens (tertiary/aromatic N) is 1. The van der Waals surface area contributed by atoms with Crippen LogP contribution in [-0.2, 0) is 11.2 Å². The van der Waals surface area contributed by atoms with Gasteiger partial charge in [0.15, 0.2) is 0 Å². The highest BCUT2D eigenvalue weighted by Gasteiger charge is 2.34. The molecule has 1 aromatic carbocycles. The number of hydrogen-bond acceptors (Lipinski definition) is 5. The Morgan fingerprint density at radius 2 is 2.17 bits per heavy atom. The number of nitrogens with two attached hydrogens (primary N) is 1. The molecule has 0 bridgehead atoms. The first-order valence-corrected chi connectivity index (χ1v) is 8.51. The predicted molar refractivity (Wildman–Crippen MR) is 94.9 cm³/mol. The molecular formula is C16H22ClN3O2S. The first-order valence-electron chi connectivity index (χ1n) is 7.69. The van der Waals surface area contributed by atoms with Crippen LogP contribution in [0.2, 0.25) is 0 Å². The summed E-state index contributed by atoms with van der Waals surface area (Å²) in [7, 11) is 0. The molecule has 1 aliphatic rings. The maximum absolute atomic E-state index is 12.0. The number of hydrogen-bond donors (Lipinski definition) is 3. The van der Waals surface area contributed by atoms with E-state index < -0.39 is 6.10 Å². The van der Waals surface area contributed by atoms with Gasteiger partial charge in [0.05, 0.1) is 21.3 Å². The van der Waals surface area contributed by atoms with E-state index in [-0.39, 0.29) is 30.3 Å². The van der Waals surface area contributed by atoms with E-state index in [9.17, 15) is 9.90 Å². The Kier molecular flexibility index (Phi) is 6.35. The van der Waals surface area contributed by atoms with Crippen LogP contribution < -0.4 is 11.1 Å². The Hall–Kier alpha value is -1.21. The lowest BCUT2D eigenvalue weighted by Gasteiger charge is -2.09. The fourth-order valence-corrected chi connectivity index (χ4v) is 3.89. The summed E-state index contributed by atoms with van der Waals surface area (Å²) in [6.07, 6.45) is 2.24. The van der Waals surface area contributed by atoms with Crippen molar-refractivity contribution in [3.05, 3.63) is 29.3 Å². The van der Waals surface area contributed by atoms with E-state index in [1.807, 2.05) is 18.2 Å². The minimum Gasteiger partial charge on any atom is -0.391 e. The molecule has 4 N–H and O–H groups in total. The zero-order valence-electron chi connectivity index (χ0n) is 12.8. The zero-order chi connectivity index (χ0) is 15.5. The quantitative estimate of drug-likeness (QED) is 0.714. The van der Waals surface area contributed by atoms with Crippen molar-refractivity contribution in [1.29, 1.82) is 0 Å². The normalized spacial score (nSPS) is 23.7. The van der Waals surface area contributed by atoms with Crippen molar-refractivity contribution in [2.45, 2.75) is 37.8 Å². The van der Waals surface area contributed by atoms with E-state index in [1.165, 1.54) is 4.70 Å². The number of carbonyl (C=O) groups is 1. The molecule has 2 aromatic rings. The van der Waals surface area contributed by atoms with Crippen LogP contribution in [0.5, 0.6) is 0 Å². The van der Waals surface area contributed by atoms with Gasteiger partial charge in [0.1, 0.15) is 0 Å². The van der Waals surface area contributed by atoms with Crippen LogP contribution in [0, 0.1) is 5.92 Å². The number of carbonyl (C=O) groups excluding carboxylic acids is 1. The van der Waals surface area contributed by atoms with Crippen molar-refractivity contribution in [2.75, 3.05) is 6.54 Å². The smallest absolute Gasteiger partial charge is 0.223 e. The Morgan fingerprint density at radius 1 is 1.39 bits per heavy atom. The second-order valence-corrected chi connectivity index (χ2v) is 6.98. The number of nitrogens with one attached hydrogen (secondary N) is 1. The molecule has 7 heteroatoms. The fraction of sp³-hybridized carbons (Fsp3) is 0.500. The fourth-order valence-electron chi connectivity index (χ4n) is 2.88. The van der Waals surface area contributed by atoms with E-state index >= 15 is 0 Å². The SMILES string of the molecule is Cl.N[C@H]1C[C@H](C(=O)NCCCc2nc3ccccc3s2)C[C@@H]1O. The summed E-state index contributed by atoms with van der Waals surface area (Å²) in [6, 6.07) is 7.84. The maximum Gasteiger partial charge on any atom is 0.223 e. The number of aliphatic hydroxyl groups is 1. The summed E-state index contributed by atoms with van der Waals surface area (Å²) in [5.74, 6) is -0.135. The van der Waals surface area contributed by atoms with Crippen LogP contribution in [-0.4, -0.2) is 34.7 Å². The Bertz CT molecular complexity index is 621. The van der Waals surface area contributed by atoms with Gasteiger partial charge in [-0.1, -0.05) is 12.1 Å². The highest BCUT2D eigenvalue weighted by molar-refractivity contribution is 7.18. The van der Waals surface area contributed by atoms with Crippen LogP contribution in [0.3, 0.4) is 0 Å². The summed E-state index contributed by atoms with van der Waals surface area (Å²) in [6.45, 7) is 0.636. The van der Waals surface area contributed by atoms with E-state index in [0.717, 1.165) is 23.4 Å². The number of thiazole rings is 1. The Balaban J connectivity index is 0.00000192. The minimum absolute atomic E-state index is 0. The number of para-hydroxylation sites is 1. The molecule has 0 aliphatic heterocycles. The summed E-state index contributed by atoms with van der Waals surface area (Å²) in [5, 5.41) is 13.6. The van der Waals surface area contributed by atoms with Gasteiger partial charge in [0.25, 0.3) is 0 Å².